The fraction of sp³-hybridized carbons (Fsp3) is 0.167. The molecule has 0 aliphatic carbocycles. The van der Waals surface area contributed by atoms with Crippen molar-refractivity contribution in [2.24, 2.45) is 0 Å². The summed E-state index contributed by atoms with van der Waals surface area (Å²) in [5.41, 5.74) is 6.80. The molecule has 0 radical (unpaired) electrons. The first-order valence-electron chi connectivity index (χ1n) is 5.19. The van der Waals surface area contributed by atoms with Gasteiger partial charge in [0.25, 0.3) is 0 Å². The minimum absolute atomic E-state index is 0.432. The summed E-state index contributed by atoms with van der Waals surface area (Å²) >= 11 is 3.52. The number of nitrogen functional groups attached to an aromatic ring is 1. The zero-order valence-electron chi connectivity index (χ0n) is 9.47. The van der Waals surface area contributed by atoms with Crippen LogP contribution in [0, 0.1) is 0 Å². The van der Waals surface area contributed by atoms with E-state index >= 15 is 0 Å². The second-order valence-corrected chi connectivity index (χ2v) is 4.60. The zero-order valence-corrected chi connectivity index (χ0v) is 11.1. The monoisotopic (exact) mass is 292 g/mol. The molecule has 5 heteroatoms. The quantitative estimate of drug-likeness (QED) is 0.944. The maximum atomic E-state index is 5.61. The lowest BCUT2D eigenvalue weighted by Crippen LogP contribution is -2.18. The number of aromatic nitrogens is 2. The molecule has 2 aromatic rings. The van der Waals surface area contributed by atoms with Gasteiger partial charge in [-0.05, 0) is 11.6 Å². The summed E-state index contributed by atoms with van der Waals surface area (Å²) in [4.78, 5) is 10.3. The molecule has 0 unspecified atom stereocenters. The number of nitrogens with two attached hydrogens (primary N) is 1. The molecule has 17 heavy (non-hydrogen) atoms. The minimum atomic E-state index is 0.432. The van der Waals surface area contributed by atoms with Gasteiger partial charge >= 0.3 is 0 Å². The molecule has 88 valence electrons. The molecule has 1 heterocycles. The predicted octanol–water partition coefficient (Wildman–Crippen LogP) is 2.46. The Bertz CT molecular complexity index is 515. The number of benzene rings is 1. The molecule has 0 aliphatic rings. The molecule has 1 aromatic carbocycles. The van der Waals surface area contributed by atoms with E-state index in [1.165, 1.54) is 11.8 Å². The van der Waals surface area contributed by atoms with Crippen molar-refractivity contribution < 1.29 is 0 Å². The summed E-state index contributed by atoms with van der Waals surface area (Å²) in [6.07, 6.45) is 3.24. The fourth-order valence-corrected chi connectivity index (χ4v) is 1.93. The van der Waals surface area contributed by atoms with Crippen molar-refractivity contribution in [3.8, 4) is 0 Å². The van der Waals surface area contributed by atoms with Crippen molar-refractivity contribution in [3.05, 3.63) is 46.7 Å². The topological polar surface area (TPSA) is 55.0 Å². The van der Waals surface area contributed by atoms with Gasteiger partial charge in [0.1, 0.15) is 11.6 Å². The van der Waals surface area contributed by atoms with E-state index in [2.05, 4.69) is 32.0 Å². The van der Waals surface area contributed by atoms with Crippen LogP contribution in [0.25, 0.3) is 0 Å². The molecule has 2 rings (SSSR count). The van der Waals surface area contributed by atoms with Gasteiger partial charge in [-0.3, -0.25) is 4.98 Å². The highest BCUT2D eigenvalue weighted by molar-refractivity contribution is 9.10. The van der Waals surface area contributed by atoms with E-state index in [4.69, 9.17) is 5.73 Å². The third-order valence-corrected chi connectivity index (χ3v) is 3.17. The second-order valence-electron chi connectivity index (χ2n) is 3.75. The van der Waals surface area contributed by atoms with Crippen LogP contribution in [0.2, 0.25) is 0 Å². The summed E-state index contributed by atoms with van der Waals surface area (Å²) in [5, 5.41) is 0. The molecule has 0 aliphatic heterocycles. The minimum Gasteiger partial charge on any atom is -0.382 e. The molecule has 0 atom stereocenters. The van der Waals surface area contributed by atoms with Crippen molar-refractivity contribution >= 4 is 27.6 Å². The van der Waals surface area contributed by atoms with Crippen molar-refractivity contribution in [1.82, 2.24) is 9.97 Å². The number of rotatable bonds is 3. The Morgan fingerprint density at radius 2 is 2.06 bits per heavy atom. The van der Waals surface area contributed by atoms with Gasteiger partial charge in [0.05, 0.1) is 12.4 Å². The molecule has 2 N–H and O–H groups in total. The summed E-state index contributed by atoms with van der Waals surface area (Å²) in [6.45, 7) is 0.750. The maximum Gasteiger partial charge on any atom is 0.149 e. The Morgan fingerprint density at radius 3 is 2.76 bits per heavy atom. The van der Waals surface area contributed by atoms with Gasteiger partial charge in [0, 0.05) is 18.1 Å². The van der Waals surface area contributed by atoms with E-state index in [0.29, 0.717) is 5.82 Å². The van der Waals surface area contributed by atoms with Gasteiger partial charge in [-0.2, -0.15) is 0 Å². The second kappa shape index (κ2) is 5.14. The molecule has 0 saturated heterocycles. The Balaban J connectivity index is 2.17. The molecular formula is C12H13BrN4. The molecule has 1 aromatic heterocycles. The highest BCUT2D eigenvalue weighted by Crippen LogP contribution is 2.19. The summed E-state index contributed by atoms with van der Waals surface area (Å²) in [5.74, 6) is 1.20. The normalized spacial score (nSPS) is 10.2. The molecule has 4 nitrogen and oxygen atoms in total. The molecule has 0 amide bonds. The van der Waals surface area contributed by atoms with Crippen LogP contribution in [0.3, 0.4) is 0 Å². The van der Waals surface area contributed by atoms with Crippen LogP contribution in [0.1, 0.15) is 5.56 Å². The van der Waals surface area contributed by atoms with Crippen LogP contribution >= 0.6 is 15.9 Å². The lowest BCUT2D eigenvalue weighted by Gasteiger charge is -2.18. The lowest BCUT2D eigenvalue weighted by molar-refractivity contribution is 0.888. The number of nitrogens with zero attached hydrogens (tertiary/aromatic N) is 3. The van der Waals surface area contributed by atoms with Gasteiger partial charge in [0.2, 0.25) is 0 Å². The largest absolute Gasteiger partial charge is 0.382 e. The SMILES string of the molecule is CN(Cc1ccccc1Br)c1cncc(N)n1. The lowest BCUT2D eigenvalue weighted by atomic mass is 10.2. The highest BCUT2D eigenvalue weighted by atomic mass is 79.9. The van der Waals surface area contributed by atoms with Crippen molar-refractivity contribution in [2.75, 3.05) is 17.7 Å². The first-order valence-corrected chi connectivity index (χ1v) is 5.98. The van der Waals surface area contributed by atoms with Crippen molar-refractivity contribution in [1.29, 1.82) is 0 Å². The maximum absolute atomic E-state index is 5.61. The molecular weight excluding hydrogens is 280 g/mol. The van der Waals surface area contributed by atoms with Gasteiger partial charge in [-0.1, -0.05) is 34.1 Å². The van der Waals surface area contributed by atoms with Gasteiger partial charge in [0.15, 0.2) is 0 Å². The summed E-state index contributed by atoms with van der Waals surface area (Å²) in [7, 11) is 1.96. The van der Waals surface area contributed by atoms with Gasteiger partial charge < -0.3 is 10.6 Å². The zero-order chi connectivity index (χ0) is 12.3. The molecule has 0 fully saturated rings. The van der Waals surface area contributed by atoms with E-state index in [1.807, 2.05) is 30.1 Å². The first kappa shape index (κ1) is 11.9. The Kier molecular flexibility index (Phi) is 3.58. The standard InChI is InChI=1S/C12H13BrN4/c1-17(12-7-15-6-11(14)16-12)8-9-4-2-3-5-10(9)13/h2-7H,8H2,1H3,(H2,14,16). The van der Waals surface area contributed by atoms with Crippen LogP contribution in [0.15, 0.2) is 41.1 Å². The van der Waals surface area contributed by atoms with Crippen LogP contribution in [-0.2, 0) is 6.54 Å². The van der Waals surface area contributed by atoms with E-state index in [1.54, 1.807) is 6.20 Å². The van der Waals surface area contributed by atoms with E-state index in [0.717, 1.165) is 16.8 Å². The summed E-state index contributed by atoms with van der Waals surface area (Å²) < 4.78 is 1.09. The van der Waals surface area contributed by atoms with Crippen LogP contribution in [-0.4, -0.2) is 17.0 Å². The van der Waals surface area contributed by atoms with Crippen LogP contribution in [0.4, 0.5) is 11.6 Å². The van der Waals surface area contributed by atoms with Gasteiger partial charge in [-0.25, -0.2) is 4.98 Å². The number of anilines is 2. The average molecular weight is 293 g/mol. The fourth-order valence-electron chi connectivity index (χ4n) is 1.52. The third kappa shape index (κ3) is 2.94. The number of hydrogen-bond acceptors (Lipinski definition) is 4. The highest BCUT2D eigenvalue weighted by Gasteiger charge is 2.06. The van der Waals surface area contributed by atoms with Crippen LogP contribution in [0.5, 0.6) is 0 Å². The van der Waals surface area contributed by atoms with Gasteiger partial charge in [-0.15, -0.1) is 0 Å². The summed E-state index contributed by atoms with van der Waals surface area (Å²) in [6, 6.07) is 8.10. The molecule has 0 spiro atoms. The van der Waals surface area contributed by atoms with Crippen molar-refractivity contribution in [3.63, 3.8) is 0 Å². The Hall–Kier alpha value is -1.62. The van der Waals surface area contributed by atoms with E-state index in [-0.39, 0.29) is 0 Å². The average Bonchev–Trinajstić information content (AvgIpc) is 2.32. The predicted molar refractivity (Wildman–Crippen MR) is 72.7 cm³/mol. The first-order chi connectivity index (χ1) is 8.16. The van der Waals surface area contributed by atoms with E-state index < -0.39 is 0 Å². The number of halogens is 1. The Morgan fingerprint density at radius 1 is 1.29 bits per heavy atom. The third-order valence-electron chi connectivity index (χ3n) is 2.40. The van der Waals surface area contributed by atoms with E-state index in [9.17, 15) is 0 Å². The molecule has 0 bridgehead atoms. The molecule has 0 saturated carbocycles. The van der Waals surface area contributed by atoms with Crippen LogP contribution < -0.4 is 10.6 Å². The number of hydrogen-bond donors (Lipinski definition) is 1. The Labute approximate surface area is 109 Å². The smallest absolute Gasteiger partial charge is 0.149 e. The van der Waals surface area contributed by atoms with Crippen molar-refractivity contribution in [2.45, 2.75) is 6.54 Å².